The summed E-state index contributed by atoms with van der Waals surface area (Å²) in [6.45, 7) is 9.38. The van der Waals surface area contributed by atoms with Crippen LogP contribution in [-0.4, -0.2) is 81.3 Å². The summed E-state index contributed by atoms with van der Waals surface area (Å²) >= 11 is 6.01. The van der Waals surface area contributed by atoms with Gasteiger partial charge in [-0.15, -0.1) is 0 Å². The molecule has 2 saturated heterocycles. The molecule has 0 bridgehead atoms. The first-order valence-corrected chi connectivity index (χ1v) is 17.0. The Morgan fingerprint density at radius 1 is 1.22 bits per heavy atom. The van der Waals surface area contributed by atoms with Crippen molar-refractivity contribution in [2.75, 3.05) is 51.0 Å². The lowest BCUT2D eigenvalue weighted by molar-refractivity contribution is -0.140. The average Bonchev–Trinajstić information content (AvgIpc) is 3.62. The molecule has 268 valence electrons. The van der Waals surface area contributed by atoms with Gasteiger partial charge < -0.3 is 25.0 Å². The molecule has 4 aliphatic heterocycles. The Kier molecular flexibility index (Phi) is 8.74. The Morgan fingerprint density at radius 2 is 2.00 bits per heavy atom. The molecule has 3 aromatic rings. The van der Waals surface area contributed by atoms with Crippen LogP contribution in [0, 0.1) is 12.7 Å². The van der Waals surface area contributed by atoms with Crippen molar-refractivity contribution in [3.8, 4) is 6.01 Å². The summed E-state index contributed by atoms with van der Waals surface area (Å²) < 4.78 is 72.5. The minimum Gasteiger partial charge on any atom is -0.461 e. The van der Waals surface area contributed by atoms with Crippen LogP contribution >= 0.6 is 11.6 Å². The van der Waals surface area contributed by atoms with Crippen LogP contribution in [0.3, 0.4) is 0 Å². The maximum absolute atomic E-state index is 15.5. The van der Waals surface area contributed by atoms with Gasteiger partial charge in [0.25, 0.3) is 5.91 Å². The van der Waals surface area contributed by atoms with Gasteiger partial charge in [0, 0.05) is 56.8 Å². The molecule has 1 aromatic carbocycles. The number of aromatic nitrogens is 4. The largest absolute Gasteiger partial charge is 0.461 e. The Labute approximate surface area is 292 Å². The zero-order chi connectivity index (χ0) is 35.7. The third kappa shape index (κ3) is 5.96. The molecule has 11 nitrogen and oxygen atoms in total. The fraction of sp³-hybridized carbons (Fsp3) is 0.529. The van der Waals surface area contributed by atoms with Crippen LogP contribution in [0.5, 0.6) is 6.01 Å². The zero-order valence-electron chi connectivity index (χ0n) is 28.2. The van der Waals surface area contributed by atoms with Crippen molar-refractivity contribution in [2.24, 2.45) is 0 Å². The molecule has 0 radical (unpaired) electrons. The molecular formula is C34H39ClF4N8O3. The normalized spacial score (nSPS) is 22.3. The Morgan fingerprint density at radius 3 is 2.74 bits per heavy atom. The van der Waals surface area contributed by atoms with Crippen molar-refractivity contribution >= 4 is 29.0 Å². The average molecular weight is 719 g/mol. The predicted octanol–water partition coefficient (Wildman–Crippen LogP) is 5.47. The monoisotopic (exact) mass is 718 g/mol. The molecular weight excluding hydrogens is 680 g/mol. The van der Waals surface area contributed by atoms with E-state index in [1.807, 2.05) is 16.5 Å². The first-order chi connectivity index (χ1) is 23.7. The van der Waals surface area contributed by atoms with E-state index in [-0.39, 0.29) is 30.5 Å². The van der Waals surface area contributed by atoms with Crippen molar-refractivity contribution in [2.45, 2.75) is 76.5 Å². The van der Waals surface area contributed by atoms with Crippen molar-refractivity contribution in [1.82, 2.24) is 29.5 Å². The first-order valence-electron chi connectivity index (χ1n) is 16.6. The summed E-state index contributed by atoms with van der Waals surface area (Å²) in [5, 5.41) is 3.91. The SMILES string of the molecule is C=C1CN2CCC[C@]2(COc2nc3c(c(N4CCCn5nc(C(=O)N(C)C)c(C)c5C4)n2)CO[C@@H](c2c(F)c(N)cc(Cl)c2C(F)(F)F)C3)C1. The van der Waals surface area contributed by atoms with E-state index in [0.717, 1.165) is 55.2 Å². The molecule has 4 aliphatic rings. The fourth-order valence-electron chi connectivity index (χ4n) is 7.88. The van der Waals surface area contributed by atoms with Gasteiger partial charge in [0.1, 0.15) is 12.4 Å². The van der Waals surface area contributed by atoms with Crippen LogP contribution in [0.2, 0.25) is 5.02 Å². The summed E-state index contributed by atoms with van der Waals surface area (Å²) in [6, 6.07) is 0.831. The quantitative estimate of drug-likeness (QED) is 0.201. The lowest BCUT2D eigenvalue weighted by Gasteiger charge is -2.33. The third-order valence-corrected chi connectivity index (χ3v) is 10.6. The van der Waals surface area contributed by atoms with Crippen LogP contribution in [-0.2, 0) is 37.0 Å². The molecule has 2 fully saturated rings. The van der Waals surface area contributed by atoms with Gasteiger partial charge in [0.15, 0.2) is 11.5 Å². The molecule has 0 unspecified atom stereocenters. The molecule has 0 saturated carbocycles. The highest BCUT2D eigenvalue weighted by Gasteiger charge is 2.47. The van der Waals surface area contributed by atoms with Crippen molar-refractivity contribution in [1.29, 1.82) is 0 Å². The van der Waals surface area contributed by atoms with Crippen molar-refractivity contribution < 1.29 is 31.8 Å². The molecule has 0 spiro atoms. The number of alkyl halides is 3. The number of nitrogens with zero attached hydrogens (tertiary/aromatic N) is 7. The number of benzene rings is 1. The number of amides is 1. The van der Waals surface area contributed by atoms with Gasteiger partial charge in [0.2, 0.25) is 0 Å². The molecule has 50 heavy (non-hydrogen) atoms. The van der Waals surface area contributed by atoms with E-state index in [9.17, 15) is 18.0 Å². The summed E-state index contributed by atoms with van der Waals surface area (Å²) in [6.07, 6.45) is -3.14. The highest BCUT2D eigenvalue weighted by Crippen LogP contribution is 2.46. The Hall–Kier alpha value is -3.95. The van der Waals surface area contributed by atoms with Gasteiger partial charge in [-0.25, -0.2) is 4.39 Å². The van der Waals surface area contributed by atoms with Crippen LogP contribution < -0.4 is 15.4 Å². The Bertz CT molecular complexity index is 1880. The minimum absolute atomic E-state index is 0.0678. The van der Waals surface area contributed by atoms with Crippen molar-refractivity contribution in [3.05, 3.63) is 68.4 Å². The topological polar surface area (TPSA) is 115 Å². The third-order valence-electron chi connectivity index (χ3n) is 10.3. The number of halogens is 5. The van der Waals surface area contributed by atoms with Gasteiger partial charge in [-0.05, 0) is 45.2 Å². The van der Waals surface area contributed by atoms with Gasteiger partial charge >= 0.3 is 12.2 Å². The number of nitrogens with two attached hydrogens (primary N) is 1. The highest BCUT2D eigenvalue weighted by molar-refractivity contribution is 6.31. The standard InChI is InChI=1S/C34H39ClF4N8O3/c1-18-13-33(7-5-9-46(33)14-18)17-50-32-41-23-12-25(26-27(34(37,38)39)21(35)11-22(40)28(26)36)49-16-20(23)30(42-32)45-8-6-10-47-24(15-45)19(2)29(43-47)31(48)44(3)4/h11,25H,1,5-10,12-17,40H2,2-4H3/t25-,33-/m1/s1. The lowest BCUT2D eigenvalue weighted by Crippen LogP contribution is -2.43. The van der Waals surface area contributed by atoms with E-state index in [1.165, 1.54) is 4.90 Å². The number of hydrogen-bond donors (Lipinski definition) is 1. The van der Waals surface area contributed by atoms with Gasteiger partial charge in [-0.3, -0.25) is 14.4 Å². The molecule has 7 rings (SSSR count). The summed E-state index contributed by atoms with van der Waals surface area (Å²) in [5.41, 5.74) is 6.96. The van der Waals surface area contributed by atoms with E-state index < -0.39 is 39.9 Å². The van der Waals surface area contributed by atoms with Crippen LogP contribution in [0.15, 0.2) is 18.2 Å². The maximum atomic E-state index is 15.5. The second-order valence-electron chi connectivity index (χ2n) is 13.9. The van der Waals surface area contributed by atoms with E-state index >= 15 is 4.39 Å². The van der Waals surface area contributed by atoms with E-state index in [4.69, 9.17) is 36.8 Å². The number of nitrogen functional groups attached to an aromatic ring is 1. The van der Waals surface area contributed by atoms with E-state index in [2.05, 4.69) is 16.6 Å². The number of carbonyl (C=O) groups excluding carboxylic acids is 1. The number of aryl methyl sites for hydroxylation is 1. The van der Waals surface area contributed by atoms with Crippen LogP contribution in [0.25, 0.3) is 0 Å². The summed E-state index contributed by atoms with van der Waals surface area (Å²) in [4.78, 5) is 28.4. The fourth-order valence-corrected chi connectivity index (χ4v) is 8.21. The van der Waals surface area contributed by atoms with Crippen LogP contribution in [0.4, 0.5) is 29.1 Å². The number of hydrogen-bond acceptors (Lipinski definition) is 9. The van der Waals surface area contributed by atoms with E-state index in [1.54, 1.807) is 14.1 Å². The zero-order valence-corrected chi connectivity index (χ0v) is 28.9. The molecule has 2 atom stereocenters. The van der Waals surface area contributed by atoms with E-state index in [0.29, 0.717) is 55.4 Å². The molecule has 2 N–H and O–H groups in total. The van der Waals surface area contributed by atoms with Gasteiger partial charge in [-0.2, -0.15) is 28.2 Å². The van der Waals surface area contributed by atoms with Gasteiger partial charge in [0.05, 0.1) is 52.5 Å². The maximum Gasteiger partial charge on any atom is 0.418 e. The molecule has 2 aromatic heterocycles. The number of anilines is 2. The summed E-state index contributed by atoms with van der Waals surface area (Å²) in [5.74, 6) is -0.940. The minimum atomic E-state index is -4.97. The number of fused-ring (bicyclic) bond motifs is 3. The van der Waals surface area contributed by atoms with Gasteiger partial charge in [-0.1, -0.05) is 23.8 Å². The molecule has 16 heteroatoms. The molecule has 1 amide bonds. The number of carbonyl (C=O) groups is 1. The van der Waals surface area contributed by atoms with Crippen LogP contribution in [0.1, 0.15) is 75.9 Å². The first kappa shape index (κ1) is 34.5. The second kappa shape index (κ2) is 12.7. The Balaban J connectivity index is 1.28. The smallest absolute Gasteiger partial charge is 0.418 e. The highest BCUT2D eigenvalue weighted by atomic mass is 35.5. The van der Waals surface area contributed by atoms with Crippen molar-refractivity contribution in [3.63, 3.8) is 0 Å². The molecule has 0 aliphatic carbocycles. The molecule has 6 heterocycles. The second-order valence-corrected chi connectivity index (χ2v) is 14.3. The number of ether oxygens (including phenoxy) is 2. The lowest BCUT2D eigenvalue weighted by atomic mass is 9.93. The summed E-state index contributed by atoms with van der Waals surface area (Å²) in [7, 11) is 3.35. The number of rotatable bonds is 6. The predicted molar refractivity (Wildman–Crippen MR) is 178 cm³/mol.